The zero-order valence-corrected chi connectivity index (χ0v) is 15.7. The summed E-state index contributed by atoms with van der Waals surface area (Å²) in [6.07, 6.45) is 6.75. The Morgan fingerprint density at radius 1 is 1.15 bits per heavy atom. The van der Waals surface area contributed by atoms with Crippen molar-refractivity contribution in [1.29, 1.82) is 0 Å². The fraction of sp³-hybridized carbons (Fsp3) is 0.389. The number of likely N-dealkylation sites (N-methyl/N-ethyl adjacent to an activating group) is 1. The second kappa shape index (κ2) is 7.57. The molecule has 0 spiro atoms. The van der Waals surface area contributed by atoms with Crippen LogP contribution >= 0.6 is 0 Å². The van der Waals surface area contributed by atoms with E-state index in [1.807, 2.05) is 27.9 Å². The summed E-state index contributed by atoms with van der Waals surface area (Å²) in [6, 6.07) is 0.199. The van der Waals surface area contributed by atoms with Crippen LogP contribution in [0.15, 0.2) is 29.3 Å². The van der Waals surface area contributed by atoms with Crippen LogP contribution in [0.4, 0.5) is 5.95 Å². The summed E-state index contributed by atoms with van der Waals surface area (Å²) in [7, 11) is 4.07. The van der Waals surface area contributed by atoms with Crippen molar-refractivity contribution in [3.05, 3.63) is 36.2 Å². The molecule has 0 bridgehead atoms. The van der Waals surface area contributed by atoms with Gasteiger partial charge in [0.15, 0.2) is 0 Å². The summed E-state index contributed by atoms with van der Waals surface area (Å²) >= 11 is 0. The fourth-order valence-electron chi connectivity index (χ4n) is 2.90. The molecule has 0 saturated carbocycles. The Labute approximate surface area is 152 Å². The minimum Gasteiger partial charge on any atom is -0.361 e. The molecule has 0 amide bonds. The molecule has 3 aromatic heterocycles. The van der Waals surface area contributed by atoms with Gasteiger partial charge in [0.05, 0.1) is 28.8 Å². The number of rotatable bonds is 6. The maximum Gasteiger partial charge on any atom is 0.223 e. The Balaban J connectivity index is 2.06. The third kappa shape index (κ3) is 3.85. The molecule has 0 aliphatic heterocycles. The lowest BCUT2D eigenvalue weighted by Gasteiger charge is -2.19. The van der Waals surface area contributed by atoms with E-state index in [0.717, 1.165) is 29.1 Å². The second-order valence-corrected chi connectivity index (χ2v) is 6.55. The van der Waals surface area contributed by atoms with Crippen LogP contribution in [0.3, 0.4) is 0 Å². The van der Waals surface area contributed by atoms with Crippen molar-refractivity contribution >= 4 is 5.95 Å². The van der Waals surface area contributed by atoms with Crippen molar-refractivity contribution in [1.82, 2.24) is 30.0 Å². The third-order valence-corrected chi connectivity index (χ3v) is 3.91. The average Bonchev–Trinajstić information content (AvgIpc) is 2.93. The summed E-state index contributed by atoms with van der Waals surface area (Å²) in [4.78, 5) is 19.9. The van der Waals surface area contributed by atoms with Crippen molar-refractivity contribution in [3.63, 3.8) is 0 Å². The Kier molecular flexibility index (Phi) is 5.22. The summed E-state index contributed by atoms with van der Waals surface area (Å²) in [5.74, 6) is 1.26. The van der Waals surface area contributed by atoms with Gasteiger partial charge in [-0.05, 0) is 34.9 Å². The molecule has 1 N–H and O–H groups in total. The monoisotopic (exact) mass is 353 g/mol. The largest absolute Gasteiger partial charge is 0.361 e. The van der Waals surface area contributed by atoms with Gasteiger partial charge in [-0.3, -0.25) is 9.97 Å². The third-order valence-electron chi connectivity index (χ3n) is 3.91. The van der Waals surface area contributed by atoms with E-state index in [1.165, 1.54) is 0 Å². The first-order valence-corrected chi connectivity index (χ1v) is 8.43. The maximum absolute atomic E-state index is 5.34. The highest BCUT2D eigenvalue weighted by atomic mass is 16.5. The van der Waals surface area contributed by atoms with Gasteiger partial charge in [0.2, 0.25) is 5.95 Å². The highest BCUT2D eigenvalue weighted by molar-refractivity contribution is 5.80. The van der Waals surface area contributed by atoms with Crippen LogP contribution in [0.1, 0.15) is 18.4 Å². The van der Waals surface area contributed by atoms with Crippen molar-refractivity contribution in [2.75, 3.05) is 26.0 Å². The zero-order chi connectivity index (χ0) is 18.7. The standard InChI is InChI=1S/C18H23N7O/c1-11(10-25(4)5)22-18-21-8-14(15-9-19-6-7-20-15)17(23-18)16-12(2)24-26-13(16)3/h6-9,11H,10H2,1-5H3,(H,21,22,23). The lowest BCUT2D eigenvalue weighted by molar-refractivity contribution is 0.391. The smallest absolute Gasteiger partial charge is 0.223 e. The molecule has 8 heteroatoms. The molecule has 1 atom stereocenters. The first-order valence-electron chi connectivity index (χ1n) is 8.43. The average molecular weight is 353 g/mol. The van der Waals surface area contributed by atoms with E-state index in [1.54, 1.807) is 24.8 Å². The fourth-order valence-corrected chi connectivity index (χ4v) is 2.90. The number of hydrogen-bond acceptors (Lipinski definition) is 8. The molecule has 26 heavy (non-hydrogen) atoms. The van der Waals surface area contributed by atoms with E-state index in [4.69, 9.17) is 9.51 Å². The number of hydrogen-bond donors (Lipinski definition) is 1. The Hall–Kier alpha value is -2.87. The Morgan fingerprint density at radius 2 is 1.96 bits per heavy atom. The molecule has 8 nitrogen and oxygen atoms in total. The molecule has 0 fully saturated rings. The Morgan fingerprint density at radius 3 is 2.58 bits per heavy atom. The highest BCUT2D eigenvalue weighted by Gasteiger charge is 2.20. The van der Waals surface area contributed by atoms with Crippen LogP contribution in [-0.2, 0) is 0 Å². The number of nitrogens with one attached hydrogen (secondary N) is 1. The lowest BCUT2D eigenvalue weighted by Crippen LogP contribution is -2.30. The molecule has 1 unspecified atom stereocenters. The molecule has 0 saturated heterocycles. The minimum atomic E-state index is 0.199. The van der Waals surface area contributed by atoms with Gasteiger partial charge in [-0.15, -0.1) is 0 Å². The first-order chi connectivity index (χ1) is 12.5. The maximum atomic E-state index is 5.34. The quantitative estimate of drug-likeness (QED) is 0.723. The molecule has 0 aliphatic carbocycles. The van der Waals surface area contributed by atoms with Gasteiger partial charge in [0.1, 0.15) is 5.76 Å². The molecule has 0 radical (unpaired) electrons. The molecule has 3 aromatic rings. The number of nitrogens with zero attached hydrogens (tertiary/aromatic N) is 6. The van der Waals surface area contributed by atoms with Gasteiger partial charge >= 0.3 is 0 Å². The lowest BCUT2D eigenvalue weighted by atomic mass is 10.0. The van der Waals surface area contributed by atoms with Crippen molar-refractivity contribution < 1.29 is 4.52 Å². The summed E-state index contributed by atoms with van der Waals surface area (Å²) in [6.45, 7) is 6.74. The van der Waals surface area contributed by atoms with E-state index >= 15 is 0 Å². The first kappa shape index (κ1) is 17.9. The van der Waals surface area contributed by atoms with E-state index < -0.39 is 0 Å². The molecular formula is C18H23N7O. The van der Waals surface area contributed by atoms with Gasteiger partial charge in [0, 0.05) is 36.7 Å². The second-order valence-electron chi connectivity index (χ2n) is 6.55. The van der Waals surface area contributed by atoms with Gasteiger partial charge in [-0.2, -0.15) is 0 Å². The number of anilines is 1. The normalized spacial score (nSPS) is 12.4. The predicted molar refractivity (Wildman–Crippen MR) is 99.7 cm³/mol. The van der Waals surface area contributed by atoms with E-state index in [0.29, 0.717) is 17.4 Å². The summed E-state index contributed by atoms with van der Waals surface area (Å²) < 4.78 is 5.34. The number of aromatic nitrogens is 5. The molecule has 0 aromatic carbocycles. The van der Waals surface area contributed by atoms with Gasteiger partial charge in [-0.1, -0.05) is 5.16 Å². The van der Waals surface area contributed by atoms with Crippen LogP contribution in [0.2, 0.25) is 0 Å². The van der Waals surface area contributed by atoms with Crippen LogP contribution in [-0.4, -0.2) is 56.7 Å². The van der Waals surface area contributed by atoms with Crippen molar-refractivity contribution in [2.45, 2.75) is 26.8 Å². The molecule has 3 rings (SSSR count). The van der Waals surface area contributed by atoms with Crippen LogP contribution < -0.4 is 5.32 Å². The molecule has 3 heterocycles. The molecule has 0 aliphatic rings. The summed E-state index contributed by atoms with van der Waals surface area (Å²) in [5.41, 5.74) is 3.86. The number of aryl methyl sites for hydroxylation is 2. The summed E-state index contributed by atoms with van der Waals surface area (Å²) in [5, 5.41) is 7.40. The van der Waals surface area contributed by atoms with E-state index in [9.17, 15) is 0 Å². The van der Waals surface area contributed by atoms with Gasteiger partial charge < -0.3 is 14.7 Å². The minimum absolute atomic E-state index is 0.199. The van der Waals surface area contributed by atoms with Gasteiger partial charge in [0.25, 0.3) is 0 Å². The van der Waals surface area contributed by atoms with Crippen LogP contribution in [0, 0.1) is 13.8 Å². The highest BCUT2D eigenvalue weighted by Crippen LogP contribution is 2.33. The predicted octanol–water partition coefficient (Wildman–Crippen LogP) is 2.57. The zero-order valence-electron chi connectivity index (χ0n) is 15.7. The van der Waals surface area contributed by atoms with Crippen LogP contribution in [0.25, 0.3) is 22.5 Å². The van der Waals surface area contributed by atoms with E-state index in [-0.39, 0.29) is 6.04 Å². The Bertz CT molecular complexity index is 857. The van der Waals surface area contributed by atoms with Crippen LogP contribution in [0.5, 0.6) is 0 Å². The van der Waals surface area contributed by atoms with Crippen molar-refractivity contribution in [3.8, 4) is 22.5 Å². The topological polar surface area (TPSA) is 92.9 Å². The SMILES string of the molecule is Cc1noc(C)c1-c1nc(NC(C)CN(C)C)ncc1-c1cnccn1. The van der Waals surface area contributed by atoms with Gasteiger partial charge in [-0.25, -0.2) is 9.97 Å². The van der Waals surface area contributed by atoms with E-state index in [2.05, 4.69) is 37.2 Å². The molecular weight excluding hydrogens is 330 g/mol. The van der Waals surface area contributed by atoms with Crippen molar-refractivity contribution in [2.24, 2.45) is 0 Å². The molecule has 136 valence electrons.